The maximum Gasteiger partial charge on any atom is 0.316 e. The standard InChI is InChI=1S/C22H18N4O4S/c1-2-26-17-10-5-13(12-16(17)25-21(29)22(26)30)19(27)23-14-6-8-15(9-7-14)24-20(28)18-4-3-11-31-18/h3-12H,2H2,1H3,(H,23,27)(H,24,28)(H,25,29). The van der Waals surface area contributed by atoms with Crippen LogP contribution in [0, 0.1) is 0 Å². The van der Waals surface area contributed by atoms with Crippen LogP contribution in [0.25, 0.3) is 11.0 Å². The van der Waals surface area contributed by atoms with E-state index in [4.69, 9.17) is 0 Å². The number of benzene rings is 2. The molecule has 0 saturated heterocycles. The zero-order chi connectivity index (χ0) is 22.0. The number of amides is 2. The topological polar surface area (TPSA) is 113 Å². The molecule has 0 bridgehead atoms. The summed E-state index contributed by atoms with van der Waals surface area (Å²) in [6, 6.07) is 15.1. The van der Waals surface area contributed by atoms with Crippen LogP contribution in [0.5, 0.6) is 0 Å². The molecule has 0 aliphatic rings. The Labute approximate surface area is 180 Å². The van der Waals surface area contributed by atoms with E-state index < -0.39 is 11.1 Å². The lowest BCUT2D eigenvalue weighted by Crippen LogP contribution is -2.36. The summed E-state index contributed by atoms with van der Waals surface area (Å²) in [5.74, 6) is -0.560. The number of H-pyrrole nitrogens is 1. The monoisotopic (exact) mass is 434 g/mol. The number of hydrogen-bond acceptors (Lipinski definition) is 5. The van der Waals surface area contributed by atoms with E-state index in [0.29, 0.717) is 39.4 Å². The largest absolute Gasteiger partial charge is 0.322 e. The third kappa shape index (κ3) is 4.17. The second-order valence-corrected chi connectivity index (χ2v) is 7.65. The van der Waals surface area contributed by atoms with Gasteiger partial charge >= 0.3 is 11.1 Å². The fraction of sp³-hybridized carbons (Fsp3) is 0.0909. The number of fused-ring (bicyclic) bond motifs is 1. The van der Waals surface area contributed by atoms with E-state index in [0.717, 1.165) is 0 Å². The normalized spacial score (nSPS) is 10.7. The maximum absolute atomic E-state index is 12.6. The van der Waals surface area contributed by atoms with Gasteiger partial charge in [0.2, 0.25) is 0 Å². The lowest BCUT2D eigenvalue weighted by Gasteiger charge is -2.10. The average Bonchev–Trinajstić information content (AvgIpc) is 3.31. The van der Waals surface area contributed by atoms with Gasteiger partial charge in [-0.1, -0.05) is 6.07 Å². The predicted octanol–water partition coefficient (Wildman–Crippen LogP) is 3.28. The number of carbonyl (C=O) groups excluding carboxylic acids is 2. The van der Waals surface area contributed by atoms with E-state index in [9.17, 15) is 19.2 Å². The molecule has 4 rings (SSSR count). The molecule has 2 amide bonds. The summed E-state index contributed by atoms with van der Waals surface area (Å²) in [4.78, 5) is 51.7. The van der Waals surface area contributed by atoms with Gasteiger partial charge in [-0.05, 0) is 60.8 Å². The Morgan fingerprint density at radius 1 is 0.968 bits per heavy atom. The first-order valence-electron chi connectivity index (χ1n) is 9.49. The zero-order valence-electron chi connectivity index (χ0n) is 16.5. The third-order valence-corrected chi connectivity index (χ3v) is 5.57. The number of hydrogen-bond donors (Lipinski definition) is 3. The van der Waals surface area contributed by atoms with Crippen LogP contribution in [0.15, 0.2) is 69.6 Å². The van der Waals surface area contributed by atoms with E-state index in [1.54, 1.807) is 49.4 Å². The van der Waals surface area contributed by atoms with E-state index in [1.807, 2.05) is 11.4 Å². The summed E-state index contributed by atoms with van der Waals surface area (Å²) >= 11 is 1.35. The number of rotatable bonds is 5. The van der Waals surface area contributed by atoms with Crippen LogP contribution in [0.3, 0.4) is 0 Å². The second kappa shape index (κ2) is 8.41. The molecule has 0 saturated carbocycles. The van der Waals surface area contributed by atoms with Gasteiger partial charge in [0.25, 0.3) is 11.8 Å². The predicted molar refractivity (Wildman–Crippen MR) is 121 cm³/mol. The number of nitrogens with zero attached hydrogens (tertiary/aromatic N) is 1. The second-order valence-electron chi connectivity index (χ2n) is 6.70. The van der Waals surface area contributed by atoms with Gasteiger partial charge in [-0.25, -0.2) is 0 Å². The van der Waals surface area contributed by atoms with Crippen LogP contribution in [0.1, 0.15) is 27.0 Å². The SMILES string of the molecule is CCn1c(=O)c(=O)[nH]c2cc(C(=O)Nc3ccc(NC(=O)c4cccs4)cc3)ccc21. The molecule has 3 N–H and O–H groups in total. The first-order valence-corrected chi connectivity index (χ1v) is 10.4. The lowest BCUT2D eigenvalue weighted by molar-refractivity contribution is 0.102. The zero-order valence-corrected chi connectivity index (χ0v) is 17.3. The van der Waals surface area contributed by atoms with E-state index in [-0.39, 0.29) is 11.8 Å². The highest BCUT2D eigenvalue weighted by molar-refractivity contribution is 7.12. The fourth-order valence-electron chi connectivity index (χ4n) is 3.18. The molecule has 31 heavy (non-hydrogen) atoms. The van der Waals surface area contributed by atoms with Crippen molar-refractivity contribution in [1.82, 2.24) is 9.55 Å². The van der Waals surface area contributed by atoms with Crippen molar-refractivity contribution >= 4 is 45.6 Å². The third-order valence-electron chi connectivity index (χ3n) is 4.70. The minimum absolute atomic E-state index is 0.192. The van der Waals surface area contributed by atoms with E-state index >= 15 is 0 Å². The number of aromatic amines is 1. The van der Waals surface area contributed by atoms with Crippen molar-refractivity contribution in [2.45, 2.75) is 13.5 Å². The summed E-state index contributed by atoms with van der Waals surface area (Å²) in [5, 5.41) is 7.40. The molecule has 0 unspecified atom stereocenters. The Bertz CT molecular complexity index is 1390. The van der Waals surface area contributed by atoms with Gasteiger partial charge < -0.3 is 20.2 Å². The highest BCUT2D eigenvalue weighted by Crippen LogP contribution is 2.18. The quantitative estimate of drug-likeness (QED) is 0.418. The smallest absolute Gasteiger partial charge is 0.316 e. The first-order chi connectivity index (χ1) is 15.0. The Morgan fingerprint density at radius 2 is 1.65 bits per heavy atom. The molecule has 2 heterocycles. The van der Waals surface area contributed by atoms with Gasteiger partial charge in [-0.3, -0.25) is 19.2 Å². The minimum atomic E-state index is -0.730. The highest BCUT2D eigenvalue weighted by atomic mass is 32.1. The number of aryl methyl sites for hydroxylation is 1. The molecule has 0 radical (unpaired) electrons. The molecule has 2 aromatic heterocycles. The van der Waals surface area contributed by atoms with Crippen molar-refractivity contribution < 1.29 is 9.59 Å². The molecule has 0 spiro atoms. The van der Waals surface area contributed by atoms with Crippen molar-refractivity contribution in [1.29, 1.82) is 0 Å². The molecule has 4 aromatic rings. The summed E-state index contributed by atoms with van der Waals surface area (Å²) in [5.41, 5.74) is 1.09. The maximum atomic E-state index is 12.6. The molecule has 2 aromatic carbocycles. The van der Waals surface area contributed by atoms with Gasteiger partial charge in [0.15, 0.2) is 0 Å². The van der Waals surface area contributed by atoms with Crippen LogP contribution in [0.2, 0.25) is 0 Å². The molecule has 8 nitrogen and oxygen atoms in total. The van der Waals surface area contributed by atoms with Gasteiger partial charge in [0, 0.05) is 23.5 Å². The van der Waals surface area contributed by atoms with Gasteiger partial charge in [0.1, 0.15) is 0 Å². The molecule has 0 fully saturated rings. The number of anilines is 2. The van der Waals surface area contributed by atoms with E-state index in [2.05, 4.69) is 15.6 Å². The van der Waals surface area contributed by atoms with Crippen LogP contribution >= 0.6 is 11.3 Å². The van der Waals surface area contributed by atoms with Crippen LogP contribution < -0.4 is 21.8 Å². The Morgan fingerprint density at radius 3 is 2.26 bits per heavy atom. The number of thiophene rings is 1. The van der Waals surface area contributed by atoms with Crippen molar-refractivity contribution in [2.75, 3.05) is 10.6 Å². The Balaban J connectivity index is 1.51. The van der Waals surface area contributed by atoms with Crippen LogP contribution in [0.4, 0.5) is 11.4 Å². The molecule has 0 atom stereocenters. The van der Waals surface area contributed by atoms with Gasteiger partial charge in [-0.15, -0.1) is 11.3 Å². The summed E-state index contributed by atoms with van der Waals surface area (Å²) in [6.45, 7) is 2.12. The molecule has 0 aliphatic carbocycles. The molecular weight excluding hydrogens is 416 g/mol. The van der Waals surface area contributed by atoms with E-state index in [1.165, 1.54) is 22.0 Å². The summed E-state index contributed by atoms with van der Waals surface area (Å²) in [6.07, 6.45) is 0. The first kappa shape index (κ1) is 20.3. The summed E-state index contributed by atoms with van der Waals surface area (Å²) in [7, 11) is 0. The lowest BCUT2D eigenvalue weighted by atomic mass is 10.1. The van der Waals surface area contributed by atoms with Gasteiger partial charge in [-0.2, -0.15) is 0 Å². The number of carbonyl (C=O) groups is 2. The Kier molecular flexibility index (Phi) is 5.50. The number of aromatic nitrogens is 2. The highest BCUT2D eigenvalue weighted by Gasteiger charge is 2.12. The number of nitrogens with one attached hydrogen (secondary N) is 3. The Hall–Kier alpha value is -3.98. The van der Waals surface area contributed by atoms with Crippen molar-refractivity contribution in [2.24, 2.45) is 0 Å². The van der Waals surface area contributed by atoms with Crippen LogP contribution in [-0.4, -0.2) is 21.4 Å². The van der Waals surface area contributed by atoms with Crippen molar-refractivity contribution in [3.05, 3.63) is 91.1 Å². The minimum Gasteiger partial charge on any atom is -0.322 e. The molecule has 156 valence electrons. The fourth-order valence-corrected chi connectivity index (χ4v) is 3.79. The van der Waals surface area contributed by atoms with Gasteiger partial charge in [0.05, 0.1) is 15.9 Å². The molecule has 9 heteroatoms. The molecule has 0 aliphatic heterocycles. The molecular formula is C22H18N4O4S. The van der Waals surface area contributed by atoms with Crippen molar-refractivity contribution in [3.8, 4) is 0 Å². The average molecular weight is 434 g/mol. The van der Waals surface area contributed by atoms with Crippen LogP contribution in [-0.2, 0) is 6.54 Å². The summed E-state index contributed by atoms with van der Waals surface area (Å²) < 4.78 is 1.36. The van der Waals surface area contributed by atoms with Crippen molar-refractivity contribution in [3.63, 3.8) is 0 Å².